The van der Waals surface area contributed by atoms with E-state index >= 15 is 0 Å². The van der Waals surface area contributed by atoms with E-state index in [4.69, 9.17) is 4.74 Å². The quantitative estimate of drug-likeness (QED) is 0.494. The maximum absolute atomic E-state index is 12.9. The maximum Gasteiger partial charge on any atom is 0.266 e. The van der Waals surface area contributed by atoms with Gasteiger partial charge in [-0.2, -0.15) is 0 Å². The lowest BCUT2D eigenvalue weighted by Crippen LogP contribution is -2.29. The minimum Gasteiger partial charge on any atom is -0.457 e. The van der Waals surface area contributed by atoms with Crippen LogP contribution in [0.3, 0.4) is 0 Å². The Bertz CT molecular complexity index is 939. The summed E-state index contributed by atoms with van der Waals surface area (Å²) in [5.74, 6) is 0.505. The number of benzene rings is 2. The van der Waals surface area contributed by atoms with E-state index in [1.54, 1.807) is 18.2 Å². The molecule has 1 aliphatic rings. The van der Waals surface area contributed by atoms with Crippen molar-refractivity contribution in [2.75, 3.05) is 0 Å². The van der Waals surface area contributed by atoms with E-state index in [0.717, 1.165) is 17.6 Å². The number of amides is 2. The summed E-state index contributed by atoms with van der Waals surface area (Å²) in [4.78, 5) is 26.8. The summed E-state index contributed by atoms with van der Waals surface area (Å²) in [5, 5.41) is 0. The molecule has 0 saturated carbocycles. The van der Waals surface area contributed by atoms with Gasteiger partial charge in [-0.05, 0) is 55.7 Å². The van der Waals surface area contributed by atoms with Crippen molar-refractivity contribution < 1.29 is 14.3 Å². The van der Waals surface area contributed by atoms with E-state index in [2.05, 4.69) is 6.58 Å². The zero-order valence-corrected chi connectivity index (χ0v) is 15.9. The highest BCUT2D eigenvalue weighted by Crippen LogP contribution is 2.33. The second-order valence-corrected chi connectivity index (χ2v) is 6.51. The van der Waals surface area contributed by atoms with Crippen LogP contribution in [-0.2, 0) is 0 Å². The summed E-state index contributed by atoms with van der Waals surface area (Å²) < 4.78 is 5.83. The SMILES string of the molecule is C=C(/C(=C\CC)CC)N1C(=O)c2ccc(Oc3ccc(C)cc3)cc2C1=O. The van der Waals surface area contributed by atoms with Gasteiger partial charge in [-0.15, -0.1) is 0 Å². The Labute approximate surface area is 159 Å². The summed E-state index contributed by atoms with van der Waals surface area (Å²) in [6.07, 6.45) is 3.53. The highest BCUT2D eigenvalue weighted by Gasteiger charge is 2.38. The lowest BCUT2D eigenvalue weighted by atomic mass is 10.1. The minimum absolute atomic E-state index is 0.336. The average molecular weight is 361 g/mol. The molecule has 4 heteroatoms. The molecule has 2 aromatic rings. The molecular weight excluding hydrogens is 338 g/mol. The Hall–Kier alpha value is -3.14. The molecule has 0 atom stereocenters. The minimum atomic E-state index is -0.357. The molecule has 1 aliphatic heterocycles. The molecule has 4 nitrogen and oxygen atoms in total. The smallest absolute Gasteiger partial charge is 0.266 e. The van der Waals surface area contributed by atoms with Crippen molar-refractivity contribution in [1.29, 1.82) is 0 Å². The predicted molar refractivity (Wildman–Crippen MR) is 106 cm³/mol. The second kappa shape index (κ2) is 7.62. The Morgan fingerprint density at radius 3 is 2.26 bits per heavy atom. The van der Waals surface area contributed by atoms with Crippen molar-refractivity contribution in [2.45, 2.75) is 33.6 Å². The Morgan fingerprint density at radius 1 is 1.00 bits per heavy atom. The number of hydrogen-bond acceptors (Lipinski definition) is 3. The van der Waals surface area contributed by atoms with Crippen molar-refractivity contribution in [3.63, 3.8) is 0 Å². The van der Waals surface area contributed by atoms with Crippen LogP contribution in [0.5, 0.6) is 11.5 Å². The maximum atomic E-state index is 12.9. The molecule has 0 aromatic heterocycles. The van der Waals surface area contributed by atoms with E-state index in [0.29, 0.717) is 34.7 Å². The molecular formula is C23H23NO3. The van der Waals surface area contributed by atoms with Gasteiger partial charge >= 0.3 is 0 Å². The van der Waals surface area contributed by atoms with Crippen molar-refractivity contribution in [3.05, 3.63) is 83.1 Å². The van der Waals surface area contributed by atoms with Gasteiger partial charge in [0.2, 0.25) is 0 Å². The fraction of sp³-hybridized carbons (Fsp3) is 0.217. The van der Waals surface area contributed by atoms with Gasteiger partial charge in [0.25, 0.3) is 11.8 Å². The number of nitrogens with zero attached hydrogens (tertiary/aromatic N) is 1. The van der Waals surface area contributed by atoms with E-state index in [1.165, 1.54) is 4.90 Å². The first kappa shape index (κ1) is 18.6. The lowest BCUT2D eigenvalue weighted by Gasteiger charge is -2.18. The van der Waals surface area contributed by atoms with Crippen molar-refractivity contribution >= 4 is 11.8 Å². The van der Waals surface area contributed by atoms with Crippen LogP contribution in [0.2, 0.25) is 0 Å². The fourth-order valence-corrected chi connectivity index (χ4v) is 3.13. The van der Waals surface area contributed by atoms with Crippen LogP contribution in [0.25, 0.3) is 0 Å². The zero-order chi connectivity index (χ0) is 19.6. The molecule has 0 aliphatic carbocycles. The molecule has 0 radical (unpaired) electrons. The third-order valence-corrected chi connectivity index (χ3v) is 4.59. The van der Waals surface area contributed by atoms with Gasteiger partial charge in [0.15, 0.2) is 0 Å². The lowest BCUT2D eigenvalue weighted by molar-refractivity contribution is 0.0707. The number of carbonyl (C=O) groups is 2. The number of hydrogen-bond donors (Lipinski definition) is 0. The summed E-state index contributed by atoms with van der Waals surface area (Å²) >= 11 is 0. The van der Waals surface area contributed by atoms with Crippen LogP contribution in [-0.4, -0.2) is 16.7 Å². The standard InChI is InChI=1S/C23H23NO3/c1-5-7-17(6-2)16(4)24-22(25)20-13-12-19(14-21(20)23(24)26)27-18-10-8-15(3)9-11-18/h7-14H,4-6H2,1-3H3/b17-7-. The largest absolute Gasteiger partial charge is 0.457 e. The molecule has 0 unspecified atom stereocenters. The first-order chi connectivity index (χ1) is 13.0. The number of aryl methyl sites for hydroxylation is 1. The van der Waals surface area contributed by atoms with Gasteiger partial charge in [0.1, 0.15) is 11.5 Å². The number of rotatable bonds is 6. The molecule has 0 bridgehead atoms. The van der Waals surface area contributed by atoms with Crippen LogP contribution >= 0.6 is 0 Å². The second-order valence-electron chi connectivity index (χ2n) is 6.51. The van der Waals surface area contributed by atoms with Crippen molar-refractivity contribution in [3.8, 4) is 11.5 Å². The van der Waals surface area contributed by atoms with Crippen LogP contribution in [0.15, 0.2) is 66.4 Å². The summed E-state index contributed by atoms with van der Waals surface area (Å²) in [5.41, 5.74) is 3.22. The third kappa shape index (κ3) is 3.56. The summed E-state index contributed by atoms with van der Waals surface area (Å²) in [6, 6.07) is 12.6. The highest BCUT2D eigenvalue weighted by atomic mass is 16.5. The first-order valence-corrected chi connectivity index (χ1v) is 9.11. The van der Waals surface area contributed by atoms with Crippen LogP contribution < -0.4 is 4.74 Å². The molecule has 1 heterocycles. The third-order valence-electron chi connectivity index (χ3n) is 4.59. The van der Waals surface area contributed by atoms with E-state index < -0.39 is 0 Å². The first-order valence-electron chi connectivity index (χ1n) is 9.11. The number of allylic oxidation sites excluding steroid dienone is 2. The zero-order valence-electron chi connectivity index (χ0n) is 15.9. The summed E-state index contributed by atoms with van der Waals surface area (Å²) in [7, 11) is 0. The number of carbonyl (C=O) groups excluding carboxylic acids is 2. The molecule has 2 aromatic carbocycles. The molecule has 0 fully saturated rings. The molecule has 2 amide bonds. The van der Waals surface area contributed by atoms with Crippen LogP contribution in [0.1, 0.15) is 53.0 Å². The Morgan fingerprint density at radius 2 is 1.63 bits per heavy atom. The van der Waals surface area contributed by atoms with Gasteiger partial charge in [-0.25, -0.2) is 4.90 Å². The normalized spacial score (nSPS) is 13.7. The number of ether oxygens (including phenoxy) is 1. The van der Waals surface area contributed by atoms with E-state index in [9.17, 15) is 9.59 Å². The molecule has 3 rings (SSSR count). The van der Waals surface area contributed by atoms with E-state index in [1.807, 2.05) is 51.1 Å². The van der Waals surface area contributed by atoms with Crippen LogP contribution in [0.4, 0.5) is 0 Å². The predicted octanol–water partition coefficient (Wildman–Crippen LogP) is 5.64. The highest BCUT2D eigenvalue weighted by molar-refractivity contribution is 6.22. The molecule has 0 spiro atoms. The number of imide groups is 1. The molecule has 27 heavy (non-hydrogen) atoms. The average Bonchev–Trinajstić information content (AvgIpc) is 2.91. The van der Waals surface area contributed by atoms with Gasteiger partial charge in [-0.3, -0.25) is 9.59 Å². The molecule has 0 N–H and O–H groups in total. The van der Waals surface area contributed by atoms with Gasteiger partial charge in [-0.1, -0.05) is 44.2 Å². The van der Waals surface area contributed by atoms with Crippen LogP contribution in [0, 0.1) is 6.92 Å². The van der Waals surface area contributed by atoms with Gasteiger partial charge < -0.3 is 4.74 Å². The van der Waals surface area contributed by atoms with E-state index in [-0.39, 0.29) is 11.8 Å². The van der Waals surface area contributed by atoms with Gasteiger partial charge in [0, 0.05) is 5.70 Å². The molecule has 0 saturated heterocycles. The van der Waals surface area contributed by atoms with Crippen molar-refractivity contribution in [1.82, 2.24) is 4.90 Å². The number of fused-ring (bicyclic) bond motifs is 1. The Kier molecular flexibility index (Phi) is 5.26. The topological polar surface area (TPSA) is 46.6 Å². The monoisotopic (exact) mass is 361 g/mol. The molecule has 138 valence electrons. The van der Waals surface area contributed by atoms with Crippen molar-refractivity contribution in [2.24, 2.45) is 0 Å². The fourth-order valence-electron chi connectivity index (χ4n) is 3.13. The Balaban J connectivity index is 1.89. The summed E-state index contributed by atoms with van der Waals surface area (Å²) in [6.45, 7) is 9.99. The van der Waals surface area contributed by atoms with Gasteiger partial charge in [0.05, 0.1) is 11.1 Å².